The first-order valence-electron chi connectivity index (χ1n) is 6.17. The van der Waals surface area contributed by atoms with Crippen molar-refractivity contribution >= 4 is 10.8 Å². The Balaban J connectivity index is 2.12. The van der Waals surface area contributed by atoms with Gasteiger partial charge in [-0.1, -0.05) is 37.3 Å². The Morgan fingerprint density at radius 1 is 0.889 bits per heavy atom. The fourth-order valence-electron chi connectivity index (χ4n) is 2.10. The van der Waals surface area contributed by atoms with Crippen LogP contribution in [0.15, 0.2) is 54.9 Å². The smallest absolute Gasteiger partial charge is 0.159 e. The minimum Gasteiger partial charge on any atom is -0.237 e. The molecule has 0 unspecified atom stereocenters. The standard InChI is InChI=1S/C16H14N2/c1-2-12-4-5-14-11-15(7-6-13(14)10-12)16-17-8-3-9-18-16/h3-11H,2H2,1H3. The molecule has 0 atom stereocenters. The molecule has 0 spiro atoms. The van der Waals surface area contributed by atoms with Crippen molar-refractivity contribution in [2.45, 2.75) is 13.3 Å². The third-order valence-corrected chi connectivity index (χ3v) is 3.14. The van der Waals surface area contributed by atoms with Gasteiger partial charge in [0.25, 0.3) is 0 Å². The van der Waals surface area contributed by atoms with Crippen LogP contribution in [-0.4, -0.2) is 9.97 Å². The van der Waals surface area contributed by atoms with Gasteiger partial charge in [-0.15, -0.1) is 0 Å². The van der Waals surface area contributed by atoms with Gasteiger partial charge < -0.3 is 0 Å². The SMILES string of the molecule is CCc1ccc2cc(-c3ncccn3)ccc2c1. The number of rotatable bonds is 2. The van der Waals surface area contributed by atoms with E-state index in [9.17, 15) is 0 Å². The number of fused-ring (bicyclic) bond motifs is 1. The molecule has 1 aromatic heterocycles. The van der Waals surface area contributed by atoms with Gasteiger partial charge in [0.15, 0.2) is 5.82 Å². The van der Waals surface area contributed by atoms with Gasteiger partial charge in [-0.25, -0.2) is 9.97 Å². The fourth-order valence-corrected chi connectivity index (χ4v) is 2.10. The molecule has 0 aliphatic heterocycles. The summed E-state index contributed by atoms with van der Waals surface area (Å²) in [5.41, 5.74) is 2.43. The summed E-state index contributed by atoms with van der Waals surface area (Å²) in [6.07, 6.45) is 4.61. The van der Waals surface area contributed by atoms with Gasteiger partial charge in [0, 0.05) is 18.0 Å². The first kappa shape index (κ1) is 10.9. The van der Waals surface area contributed by atoms with Crippen molar-refractivity contribution in [2.24, 2.45) is 0 Å². The highest BCUT2D eigenvalue weighted by molar-refractivity contribution is 5.86. The molecular weight excluding hydrogens is 220 g/mol. The number of hydrogen-bond donors (Lipinski definition) is 0. The molecule has 0 amide bonds. The zero-order valence-corrected chi connectivity index (χ0v) is 10.3. The number of aromatic nitrogens is 2. The van der Waals surface area contributed by atoms with Crippen LogP contribution in [0.25, 0.3) is 22.2 Å². The Hall–Kier alpha value is -2.22. The number of benzene rings is 2. The Kier molecular flexibility index (Phi) is 2.77. The molecule has 0 N–H and O–H groups in total. The van der Waals surface area contributed by atoms with E-state index < -0.39 is 0 Å². The van der Waals surface area contributed by atoms with E-state index in [4.69, 9.17) is 0 Å². The van der Waals surface area contributed by atoms with Gasteiger partial charge in [-0.2, -0.15) is 0 Å². The van der Waals surface area contributed by atoms with Crippen molar-refractivity contribution in [2.75, 3.05) is 0 Å². The van der Waals surface area contributed by atoms with E-state index in [1.807, 2.05) is 6.07 Å². The van der Waals surface area contributed by atoms with Gasteiger partial charge in [0.2, 0.25) is 0 Å². The maximum Gasteiger partial charge on any atom is 0.159 e. The second kappa shape index (κ2) is 4.57. The molecule has 3 aromatic rings. The van der Waals surface area contributed by atoms with Crippen LogP contribution in [0.5, 0.6) is 0 Å². The van der Waals surface area contributed by atoms with Crippen molar-refractivity contribution in [3.8, 4) is 11.4 Å². The highest BCUT2D eigenvalue weighted by atomic mass is 14.8. The lowest BCUT2D eigenvalue weighted by molar-refractivity contribution is 1.15. The highest BCUT2D eigenvalue weighted by Gasteiger charge is 2.02. The Morgan fingerprint density at radius 2 is 1.61 bits per heavy atom. The van der Waals surface area contributed by atoms with Crippen molar-refractivity contribution in [3.05, 3.63) is 60.4 Å². The fraction of sp³-hybridized carbons (Fsp3) is 0.125. The molecule has 0 fully saturated rings. The zero-order valence-electron chi connectivity index (χ0n) is 10.3. The first-order valence-corrected chi connectivity index (χ1v) is 6.17. The number of hydrogen-bond acceptors (Lipinski definition) is 2. The Bertz CT molecular complexity index is 675. The van der Waals surface area contributed by atoms with E-state index in [0.717, 1.165) is 17.8 Å². The summed E-state index contributed by atoms with van der Waals surface area (Å²) >= 11 is 0. The Labute approximate surface area is 106 Å². The quantitative estimate of drug-likeness (QED) is 0.673. The second-order valence-electron chi connectivity index (χ2n) is 4.32. The molecule has 88 valence electrons. The van der Waals surface area contributed by atoms with Crippen LogP contribution in [0.4, 0.5) is 0 Å². The van der Waals surface area contributed by atoms with Crippen LogP contribution in [0, 0.1) is 0 Å². The van der Waals surface area contributed by atoms with Gasteiger partial charge in [-0.3, -0.25) is 0 Å². The average Bonchev–Trinajstić information content (AvgIpc) is 2.47. The normalized spacial score (nSPS) is 10.7. The van der Waals surface area contributed by atoms with Crippen LogP contribution in [0.3, 0.4) is 0 Å². The van der Waals surface area contributed by atoms with E-state index in [1.165, 1.54) is 16.3 Å². The minimum atomic E-state index is 0.777. The minimum absolute atomic E-state index is 0.777. The summed E-state index contributed by atoms with van der Waals surface area (Å²) in [5, 5.41) is 2.51. The largest absolute Gasteiger partial charge is 0.237 e. The van der Waals surface area contributed by atoms with Gasteiger partial charge in [-0.05, 0) is 34.9 Å². The molecule has 3 rings (SSSR count). The third-order valence-electron chi connectivity index (χ3n) is 3.14. The molecular formula is C16H14N2. The lowest BCUT2D eigenvalue weighted by atomic mass is 10.0. The topological polar surface area (TPSA) is 25.8 Å². The molecule has 2 aromatic carbocycles. The maximum atomic E-state index is 4.28. The molecule has 0 saturated carbocycles. The number of aryl methyl sites for hydroxylation is 1. The average molecular weight is 234 g/mol. The predicted octanol–water partition coefficient (Wildman–Crippen LogP) is 3.86. The second-order valence-corrected chi connectivity index (χ2v) is 4.32. The van der Waals surface area contributed by atoms with Crippen LogP contribution < -0.4 is 0 Å². The third kappa shape index (κ3) is 1.97. The van der Waals surface area contributed by atoms with Crippen LogP contribution in [0.1, 0.15) is 12.5 Å². The van der Waals surface area contributed by atoms with Gasteiger partial charge >= 0.3 is 0 Å². The Morgan fingerprint density at radius 3 is 2.39 bits per heavy atom. The zero-order chi connectivity index (χ0) is 12.4. The molecule has 0 saturated heterocycles. The van der Waals surface area contributed by atoms with E-state index in [2.05, 4.69) is 53.3 Å². The van der Waals surface area contributed by atoms with Crippen LogP contribution >= 0.6 is 0 Å². The molecule has 2 nitrogen and oxygen atoms in total. The molecule has 0 aliphatic carbocycles. The molecule has 2 heteroatoms. The molecule has 0 radical (unpaired) electrons. The molecule has 18 heavy (non-hydrogen) atoms. The van der Waals surface area contributed by atoms with E-state index in [-0.39, 0.29) is 0 Å². The van der Waals surface area contributed by atoms with Crippen molar-refractivity contribution in [3.63, 3.8) is 0 Å². The van der Waals surface area contributed by atoms with Crippen molar-refractivity contribution in [1.82, 2.24) is 9.97 Å². The van der Waals surface area contributed by atoms with Crippen molar-refractivity contribution in [1.29, 1.82) is 0 Å². The number of nitrogens with zero attached hydrogens (tertiary/aromatic N) is 2. The van der Waals surface area contributed by atoms with E-state index in [1.54, 1.807) is 12.4 Å². The summed E-state index contributed by atoms with van der Waals surface area (Å²) in [6, 6.07) is 14.8. The van der Waals surface area contributed by atoms with Crippen molar-refractivity contribution < 1.29 is 0 Å². The lowest BCUT2D eigenvalue weighted by Crippen LogP contribution is -1.87. The van der Waals surface area contributed by atoms with Gasteiger partial charge in [0.05, 0.1) is 0 Å². The summed E-state index contributed by atoms with van der Waals surface area (Å²) < 4.78 is 0. The lowest BCUT2D eigenvalue weighted by Gasteiger charge is -2.04. The molecule has 0 aliphatic rings. The predicted molar refractivity (Wildman–Crippen MR) is 74.4 cm³/mol. The van der Waals surface area contributed by atoms with Crippen LogP contribution in [0.2, 0.25) is 0 Å². The van der Waals surface area contributed by atoms with Crippen LogP contribution in [-0.2, 0) is 6.42 Å². The summed E-state index contributed by atoms with van der Waals surface area (Å²) in [7, 11) is 0. The summed E-state index contributed by atoms with van der Waals surface area (Å²) in [6.45, 7) is 2.17. The summed E-state index contributed by atoms with van der Waals surface area (Å²) in [4.78, 5) is 8.56. The first-order chi connectivity index (χ1) is 8.86. The highest BCUT2D eigenvalue weighted by Crippen LogP contribution is 2.22. The van der Waals surface area contributed by atoms with Gasteiger partial charge in [0.1, 0.15) is 0 Å². The monoisotopic (exact) mass is 234 g/mol. The molecule has 1 heterocycles. The maximum absolute atomic E-state index is 4.28. The molecule has 0 bridgehead atoms. The van der Waals surface area contributed by atoms with E-state index in [0.29, 0.717) is 0 Å². The summed E-state index contributed by atoms with van der Waals surface area (Å²) in [5.74, 6) is 0.777. The van der Waals surface area contributed by atoms with E-state index >= 15 is 0 Å².